The van der Waals surface area contributed by atoms with Crippen molar-refractivity contribution in [1.29, 1.82) is 0 Å². The number of hydrogen-bond acceptors (Lipinski definition) is 5. The highest BCUT2D eigenvalue weighted by atomic mass is 35.5. The van der Waals surface area contributed by atoms with Gasteiger partial charge in [0.05, 0.1) is 17.8 Å². The Hall–Kier alpha value is -3.68. The average Bonchev–Trinajstić information content (AvgIpc) is 3.26. The number of aromatic nitrogens is 1. The van der Waals surface area contributed by atoms with Gasteiger partial charge in [-0.05, 0) is 37.6 Å². The molecular weight excluding hydrogens is 494 g/mol. The maximum atomic E-state index is 13.2. The van der Waals surface area contributed by atoms with Gasteiger partial charge in [0.1, 0.15) is 11.3 Å². The highest BCUT2D eigenvalue weighted by Crippen LogP contribution is 2.33. The fraction of sp³-hybridized carbons (Fsp3) is 0.179. The van der Waals surface area contributed by atoms with Crippen molar-refractivity contribution in [3.8, 4) is 17.0 Å². The van der Waals surface area contributed by atoms with Gasteiger partial charge >= 0.3 is 0 Å². The molecule has 0 saturated carbocycles. The van der Waals surface area contributed by atoms with Crippen molar-refractivity contribution < 1.29 is 14.3 Å². The molecule has 0 saturated heterocycles. The molecule has 4 rings (SSSR count). The van der Waals surface area contributed by atoms with Crippen LogP contribution in [0.15, 0.2) is 78.9 Å². The third-order valence-electron chi connectivity index (χ3n) is 5.58. The molecule has 0 aliphatic heterocycles. The van der Waals surface area contributed by atoms with E-state index in [-0.39, 0.29) is 5.91 Å². The molecule has 8 heteroatoms. The van der Waals surface area contributed by atoms with Crippen molar-refractivity contribution in [2.24, 2.45) is 0 Å². The largest absolute Gasteiger partial charge is 0.495 e. The number of nitrogens with one attached hydrogen (secondary N) is 2. The van der Waals surface area contributed by atoms with Gasteiger partial charge in [-0.15, -0.1) is 11.3 Å². The van der Waals surface area contributed by atoms with Crippen molar-refractivity contribution in [3.63, 3.8) is 0 Å². The van der Waals surface area contributed by atoms with E-state index >= 15 is 0 Å². The number of ether oxygens (including phenoxy) is 1. The zero-order valence-electron chi connectivity index (χ0n) is 20.2. The first-order valence-electron chi connectivity index (χ1n) is 11.3. The van der Waals surface area contributed by atoms with Crippen LogP contribution in [0.4, 0.5) is 5.13 Å². The van der Waals surface area contributed by atoms with Crippen LogP contribution in [0.5, 0.6) is 5.75 Å². The Morgan fingerprint density at radius 2 is 1.67 bits per heavy atom. The molecule has 2 N–H and O–H groups in total. The molecule has 0 aliphatic rings. The van der Waals surface area contributed by atoms with Crippen LogP contribution in [0.25, 0.3) is 11.3 Å². The van der Waals surface area contributed by atoms with E-state index in [1.807, 2.05) is 48.5 Å². The van der Waals surface area contributed by atoms with E-state index in [2.05, 4.69) is 22.8 Å². The van der Waals surface area contributed by atoms with Crippen LogP contribution in [0.3, 0.4) is 0 Å². The first-order valence-corrected chi connectivity index (χ1v) is 12.5. The van der Waals surface area contributed by atoms with Gasteiger partial charge in [-0.25, -0.2) is 4.98 Å². The highest BCUT2D eigenvalue weighted by molar-refractivity contribution is 7.16. The van der Waals surface area contributed by atoms with E-state index in [4.69, 9.17) is 21.3 Å². The second kappa shape index (κ2) is 10.9. The summed E-state index contributed by atoms with van der Waals surface area (Å²) in [5.74, 6) is -0.335. The standard InChI is InChI=1S/C28H26ClN3O3S/c1-28(2,32-25(33)20-14-15-22(35-3)21(29)17-20)26(34)31-27-30-24(19-12-8-5-9-13-19)23(36-27)16-18-10-6-4-7-11-18/h4-15,17H,16H2,1-3H3,(H,32,33)(H,30,31,34). The van der Waals surface area contributed by atoms with Crippen LogP contribution >= 0.6 is 22.9 Å². The number of rotatable bonds is 8. The number of anilines is 1. The minimum atomic E-state index is -1.21. The lowest BCUT2D eigenvalue weighted by Crippen LogP contribution is -2.52. The lowest BCUT2D eigenvalue weighted by Gasteiger charge is -2.24. The van der Waals surface area contributed by atoms with Crippen molar-refractivity contribution in [3.05, 3.63) is 99.9 Å². The normalized spacial score (nSPS) is 11.1. The van der Waals surface area contributed by atoms with E-state index in [0.717, 1.165) is 21.7 Å². The number of carbonyl (C=O) groups is 2. The maximum Gasteiger partial charge on any atom is 0.252 e. The predicted molar refractivity (Wildman–Crippen MR) is 145 cm³/mol. The summed E-state index contributed by atoms with van der Waals surface area (Å²) in [6.07, 6.45) is 0.691. The van der Waals surface area contributed by atoms with E-state index in [0.29, 0.717) is 27.9 Å². The van der Waals surface area contributed by atoms with E-state index < -0.39 is 11.4 Å². The monoisotopic (exact) mass is 519 g/mol. The lowest BCUT2D eigenvalue weighted by atomic mass is 10.0. The third-order valence-corrected chi connectivity index (χ3v) is 6.85. The van der Waals surface area contributed by atoms with Crippen LogP contribution in [0.2, 0.25) is 5.02 Å². The molecule has 0 aliphatic carbocycles. The Labute approximate surface area is 219 Å². The minimum Gasteiger partial charge on any atom is -0.495 e. The molecule has 0 spiro atoms. The van der Waals surface area contributed by atoms with Crippen LogP contribution < -0.4 is 15.4 Å². The number of methoxy groups -OCH3 is 1. The van der Waals surface area contributed by atoms with Crippen LogP contribution in [-0.4, -0.2) is 29.4 Å². The number of nitrogens with zero attached hydrogens (tertiary/aromatic N) is 1. The lowest BCUT2D eigenvalue weighted by molar-refractivity contribution is -0.120. The fourth-order valence-electron chi connectivity index (χ4n) is 3.60. The third kappa shape index (κ3) is 5.93. The summed E-state index contributed by atoms with van der Waals surface area (Å²) < 4.78 is 5.13. The van der Waals surface area contributed by atoms with Crippen molar-refractivity contribution >= 4 is 39.9 Å². The summed E-state index contributed by atoms with van der Waals surface area (Å²) in [5.41, 5.74) is 2.08. The van der Waals surface area contributed by atoms with E-state index in [9.17, 15) is 9.59 Å². The molecule has 0 fully saturated rings. The molecule has 184 valence electrons. The molecule has 1 heterocycles. The van der Waals surface area contributed by atoms with Gasteiger partial charge in [0.2, 0.25) is 0 Å². The first kappa shape index (κ1) is 25.4. The second-order valence-corrected chi connectivity index (χ2v) is 10.2. The summed E-state index contributed by atoms with van der Waals surface area (Å²) in [4.78, 5) is 31.8. The van der Waals surface area contributed by atoms with E-state index in [1.165, 1.54) is 24.5 Å². The van der Waals surface area contributed by atoms with Crippen molar-refractivity contribution in [2.45, 2.75) is 25.8 Å². The fourth-order valence-corrected chi connectivity index (χ4v) is 4.87. The SMILES string of the molecule is COc1ccc(C(=O)NC(C)(C)C(=O)Nc2nc(-c3ccccc3)c(Cc3ccccc3)s2)cc1Cl. The predicted octanol–water partition coefficient (Wildman–Crippen LogP) is 6.21. The topological polar surface area (TPSA) is 80.3 Å². The minimum absolute atomic E-state index is 0.314. The zero-order valence-corrected chi connectivity index (χ0v) is 21.7. The molecule has 0 atom stereocenters. The summed E-state index contributed by atoms with van der Waals surface area (Å²) in [5, 5.41) is 6.46. The Kier molecular flexibility index (Phi) is 7.72. The van der Waals surface area contributed by atoms with Crippen molar-refractivity contribution in [1.82, 2.24) is 10.3 Å². The summed E-state index contributed by atoms with van der Waals surface area (Å²) in [7, 11) is 1.50. The Morgan fingerprint density at radius 3 is 2.31 bits per heavy atom. The van der Waals surface area contributed by atoms with Crippen LogP contribution in [-0.2, 0) is 11.2 Å². The maximum absolute atomic E-state index is 13.2. The summed E-state index contributed by atoms with van der Waals surface area (Å²) in [6, 6.07) is 24.7. The molecule has 1 aromatic heterocycles. The molecule has 0 radical (unpaired) electrons. The van der Waals surface area contributed by atoms with Gasteiger partial charge in [0.25, 0.3) is 11.8 Å². The highest BCUT2D eigenvalue weighted by Gasteiger charge is 2.31. The van der Waals surface area contributed by atoms with Crippen LogP contribution in [0, 0.1) is 0 Å². The second-order valence-electron chi connectivity index (χ2n) is 8.70. The summed E-state index contributed by atoms with van der Waals surface area (Å²) in [6.45, 7) is 3.28. The molecule has 0 bridgehead atoms. The molecular formula is C28H26ClN3O3S. The molecule has 36 heavy (non-hydrogen) atoms. The molecule has 0 unspecified atom stereocenters. The van der Waals surface area contributed by atoms with Gasteiger partial charge in [-0.1, -0.05) is 72.3 Å². The Balaban J connectivity index is 1.53. The van der Waals surface area contributed by atoms with Crippen molar-refractivity contribution in [2.75, 3.05) is 12.4 Å². The number of hydrogen-bond donors (Lipinski definition) is 2. The Bertz CT molecular complexity index is 1370. The smallest absolute Gasteiger partial charge is 0.252 e. The number of carbonyl (C=O) groups excluding carboxylic acids is 2. The summed E-state index contributed by atoms with van der Waals surface area (Å²) >= 11 is 7.58. The zero-order chi connectivity index (χ0) is 25.7. The number of benzene rings is 3. The van der Waals surface area contributed by atoms with Gasteiger partial charge in [-0.3, -0.25) is 14.9 Å². The van der Waals surface area contributed by atoms with Crippen LogP contribution in [0.1, 0.15) is 34.6 Å². The van der Waals surface area contributed by atoms with Gasteiger partial charge < -0.3 is 10.1 Å². The van der Waals surface area contributed by atoms with Gasteiger partial charge in [0, 0.05) is 22.4 Å². The van der Waals surface area contributed by atoms with E-state index in [1.54, 1.807) is 26.0 Å². The number of halogens is 1. The van der Waals surface area contributed by atoms with Gasteiger partial charge in [0.15, 0.2) is 5.13 Å². The molecule has 2 amide bonds. The Morgan fingerprint density at radius 1 is 1.00 bits per heavy atom. The molecule has 4 aromatic rings. The molecule has 6 nitrogen and oxygen atoms in total. The first-order chi connectivity index (χ1) is 17.3. The number of amides is 2. The quantitative estimate of drug-likeness (QED) is 0.290. The number of thiazole rings is 1. The van der Waals surface area contributed by atoms with Gasteiger partial charge in [-0.2, -0.15) is 0 Å². The molecule has 3 aromatic carbocycles. The average molecular weight is 520 g/mol.